The van der Waals surface area contributed by atoms with Gasteiger partial charge in [0.25, 0.3) is 0 Å². The van der Waals surface area contributed by atoms with E-state index in [1.165, 1.54) is 0 Å². The van der Waals surface area contributed by atoms with Crippen LogP contribution in [-0.4, -0.2) is 51.6 Å². The lowest BCUT2D eigenvalue weighted by Crippen LogP contribution is -2.31. The topological polar surface area (TPSA) is 98.0 Å². The largest absolute Gasteiger partial charge is 0.396 e. The smallest absolute Gasteiger partial charge is 0.148 e. The third-order valence-corrected chi connectivity index (χ3v) is 1.51. The van der Waals surface area contributed by atoms with Gasteiger partial charge in [0.15, 0.2) is 0 Å². The lowest BCUT2D eigenvalue weighted by molar-refractivity contribution is -0.117. The van der Waals surface area contributed by atoms with Crippen LogP contribution in [0.4, 0.5) is 0 Å². The van der Waals surface area contributed by atoms with Crippen molar-refractivity contribution in [3.63, 3.8) is 0 Å². The Hall–Kier alpha value is -0.490. The highest BCUT2D eigenvalue weighted by Crippen LogP contribution is 2.04. The van der Waals surface area contributed by atoms with E-state index in [9.17, 15) is 4.79 Å². The van der Waals surface area contributed by atoms with Crippen molar-refractivity contribution in [2.45, 2.75) is 31.2 Å². The number of aliphatic hydroxyl groups excluding tert-OH is 4. The van der Waals surface area contributed by atoms with Crippen LogP contribution in [0.5, 0.6) is 0 Å². The second kappa shape index (κ2) is 6.07. The van der Waals surface area contributed by atoms with Crippen LogP contribution in [-0.2, 0) is 4.79 Å². The number of rotatable bonds is 6. The molecule has 12 heavy (non-hydrogen) atoms. The van der Waals surface area contributed by atoms with Gasteiger partial charge in [0.2, 0.25) is 0 Å². The molecule has 0 saturated carbocycles. The minimum Gasteiger partial charge on any atom is -0.396 e. The monoisotopic (exact) mass is 178 g/mol. The van der Waals surface area contributed by atoms with Gasteiger partial charge in [-0.05, 0) is 6.42 Å². The third-order valence-electron chi connectivity index (χ3n) is 1.51. The van der Waals surface area contributed by atoms with Gasteiger partial charge in [-0.25, -0.2) is 0 Å². The Labute approximate surface area is 70.3 Å². The predicted molar refractivity (Wildman–Crippen MR) is 40.4 cm³/mol. The van der Waals surface area contributed by atoms with Crippen LogP contribution in [0.3, 0.4) is 0 Å². The highest BCUT2D eigenvalue weighted by Gasteiger charge is 2.18. The molecule has 0 bridgehead atoms. The molecule has 0 aromatic carbocycles. The van der Waals surface area contributed by atoms with Crippen LogP contribution in [0.1, 0.15) is 12.8 Å². The van der Waals surface area contributed by atoms with E-state index in [1.54, 1.807) is 0 Å². The molecule has 4 N–H and O–H groups in total. The Bertz CT molecular complexity index is 127. The second-order valence-electron chi connectivity index (χ2n) is 2.59. The fourth-order valence-corrected chi connectivity index (χ4v) is 0.785. The van der Waals surface area contributed by atoms with Gasteiger partial charge < -0.3 is 25.2 Å². The first-order chi connectivity index (χ1) is 5.61. The summed E-state index contributed by atoms with van der Waals surface area (Å²) in [5, 5.41) is 35.2. The molecule has 0 aromatic heterocycles. The van der Waals surface area contributed by atoms with Crippen molar-refractivity contribution >= 4 is 6.29 Å². The molecule has 0 aromatic rings. The Morgan fingerprint density at radius 3 is 2.17 bits per heavy atom. The third kappa shape index (κ3) is 4.40. The van der Waals surface area contributed by atoms with Crippen LogP contribution < -0.4 is 0 Å². The van der Waals surface area contributed by atoms with Crippen LogP contribution in [0.15, 0.2) is 0 Å². The highest BCUT2D eigenvalue weighted by molar-refractivity contribution is 5.55. The van der Waals surface area contributed by atoms with Gasteiger partial charge in [0.1, 0.15) is 12.4 Å². The zero-order chi connectivity index (χ0) is 9.56. The molecule has 5 heteroatoms. The normalized spacial score (nSPS) is 18.3. The van der Waals surface area contributed by atoms with Gasteiger partial charge >= 0.3 is 0 Å². The van der Waals surface area contributed by atoms with Gasteiger partial charge in [0.05, 0.1) is 12.2 Å². The summed E-state index contributed by atoms with van der Waals surface area (Å²) in [5.74, 6) is 0. The van der Waals surface area contributed by atoms with Gasteiger partial charge in [-0.3, -0.25) is 0 Å². The van der Waals surface area contributed by atoms with Crippen LogP contribution >= 0.6 is 0 Å². The Balaban J connectivity index is 3.69. The van der Waals surface area contributed by atoms with E-state index in [-0.39, 0.29) is 25.7 Å². The van der Waals surface area contributed by atoms with E-state index < -0.39 is 18.3 Å². The maximum atomic E-state index is 9.93. The standard InChI is InChI=1S/C7H14O5/c8-2-1-6(11)7(12)3-5(10)4-9/h4-8,10-12H,1-3H2. The summed E-state index contributed by atoms with van der Waals surface area (Å²) in [6.45, 7) is -0.241. The summed E-state index contributed by atoms with van der Waals surface area (Å²) in [7, 11) is 0. The molecule has 0 aliphatic rings. The molecule has 5 nitrogen and oxygen atoms in total. The number of carbonyl (C=O) groups excluding carboxylic acids is 1. The minimum atomic E-state index is -1.26. The molecule has 0 aliphatic heterocycles. The second-order valence-corrected chi connectivity index (χ2v) is 2.59. The van der Waals surface area contributed by atoms with E-state index >= 15 is 0 Å². The van der Waals surface area contributed by atoms with E-state index in [1.807, 2.05) is 0 Å². The molecular formula is C7H14O5. The number of aldehydes is 1. The molecule has 0 amide bonds. The molecule has 0 fully saturated rings. The quantitative estimate of drug-likeness (QED) is 0.354. The fraction of sp³-hybridized carbons (Fsp3) is 0.857. The van der Waals surface area contributed by atoms with Crippen molar-refractivity contribution < 1.29 is 25.2 Å². The molecule has 0 radical (unpaired) electrons. The molecule has 3 atom stereocenters. The van der Waals surface area contributed by atoms with Crippen molar-refractivity contribution in [3.8, 4) is 0 Å². The number of carbonyl (C=O) groups is 1. The summed E-state index contributed by atoms with van der Waals surface area (Å²) < 4.78 is 0. The predicted octanol–water partition coefficient (Wildman–Crippen LogP) is -1.96. The first-order valence-electron chi connectivity index (χ1n) is 3.72. The van der Waals surface area contributed by atoms with Crippen molar-refractivity contribution in [1.29, 1.82) is 0 Å². The molecule has 0 saturated heterocycles. The minimum absolute atomic E-state index is 0.0345. The van der Waals surface area contributed by atoms with Gasteiger partial charge in [-0.1, -0.05) is 0 Å². The van der Waals surface area contributed by atoms with E-state index in [0.717, 1.165) is 0 Å². The Morgan fingerprint density at radius 1 is 1.17 bits per heavy atom. The zero-order valence-corrected chi connectivity index (χ0v) is 6.63. The van der Waals surface area contributed by atoms with Gasteiger partial charge in [-0.15, -0.1) is 0 Å². The van der Waals surface area contributed by atoms with Crippen LogP contribution in [0, 0.1) is 0 Å². The highest BCUT2D eigenvalue weighted by atomic mass is 16.3. The average molecular weight is 178 g/mol. The van der Waals surface area contributed by atoms with Crippen molar-refractivity contribution in [1.82, 2.24) is 0 Å². The van der Waals surface area contributed by atoms with Crippen molar-refractivity contribution in [3.05, 3.63) is 0 Å². The van der Waals surface area contributed by atoms with Gasteiger partial charge in [0, 0.05) is 13.0 Å². The summed E-state index contributed by atoms with van der Waals surface area (Å²) in [4.78, 5) is 9.93. The number of aliphatic hydroxyl groups is 4. The molecular weight excluding hydrogens is 164 g/mol. The summed E-state index contributed by atoms with van der Waals surface area (Å²) in [6, 6.07) is 0. The van der Waals surface area contributed by atoms with Crippen LogP contribution in [0.2, 0.25) is 0 Å². The summed E-state index contributed by atoms with van der Waals surface area (Å²) in [5.41, 5.74) is 0. The Kier molecular flexibility index (Phi) is 5.83. The molecule has 0 heterocycles. The van der Waals surface area contributed by atoms with E-state index in [2.05, 4.69) is 0 Å². The van der Waals surface area contributed by atoms with E-state index in [4.69, 9.17) is 20.4 Å². The van der Waals surface area contributed by atoms with Crippen molar-refractivity contribution in [2.24, 2.45) is 0 Å². The number of hydrogen-bond acceptors (Lipinski definition) is 5. The van der Waals surface area contributed by atoms with Crippen LogP contribution in [0.25, 0.3) is 0 Å². The first kappa shape index (κ1) is 11.5. The molecule has 3 unspecified atom stereocenters. The maximum Gasteiger partial charge on any atom is 0.148 e. The zero-order valence-electron chi connectivity index (χ0n) is 6.63. The summed E-state index contributed by atoms with van der Waals surface area (Å²) >= 11 is 0. The molecule has 0 aliphatic carbocycles. The first-order valence-corrected chi connectivity index (χ1v) is 3.72. The molecule has 0 rings (SSSR count). The van der Waals surface area contributed by atoms with Gasteiger partial charge in [-0.2, -0.15) is 0 Å². The lowest BCUT2D eigenvalue weighted by atomic mass is 10.1. The molecule has 0 spiro atoms. The molecule has 72 valence electrons. The maximum absolute atomic E-state index is 9.93. The Morgan fingerprint density at radius 2 is 1.75 bits per heavy atom. The van der Waals surface area contributed by atoms with E-state index in [0.29, 0.717) is 0 Å². The fourth-order valence-electron chi connectivity index (χ4n) is 0.785. The average Bonchev–Trinajstić information content (AvgIpc) is 2.04. The number of hydrogen-bond donors (Lipinski definition) is 4. The summed E-state index contributed by atoms with van der Waals surface area (Å²) in [6.07, 6.45) is -3.40. The SMILES string of the molecule is O=CC(O)CC(O)C(O)CCO. The lowest BCUT2D eigenvalue weighted by Gasteiger charge is -2.17. The van der Waals surface area contributed by atoms with Crippen molar-refractivity contribution in [2.75, 3.05) is 6.61 Å².